The molecule has 254 valence electrons. The third-order valence-corrected chi connectivity index (χ3v) is 8.02. The van der Waals surface area contributed by atoms with E-state index in [-0.39, 0.29) is 28.5 Å². The van der Waals surface area contributed by atoms with Crippen LogP contribution in [0.1, 0.15) is 72.5 Å². The monoisotopic (exact) mass is 663 g/mol. The van der Waals surface area contributed by atoms with E-state index in [4.69, 9.17) is 5.73 Å². The quantitative estimate of drug-likeness (QED) is 0.133. The Morgan fingerprint density at radius 2 is 1.77 bits per heavy atom. The Balaban J connectivity index is 0.00000471. The van der Waals surface area contributed by atoms with Gasteiger partial charge in [0.25, 0.3) is 5.91 Å². The molecule has 0 saturated carbocycles. The summed E-state index contributed by atoms with van der Waals surface area (Å²) in [5.41, 5.74) is 7.60. The molecule has 0 saturated heterocycles. The average molecular weight is 664 g/mol. The van der Waals surface area contributed by atoms with E-state index in [1.54, 1.807) is 26.2 Å². The summed E-state index contributed by atoms with van der Waals surface area (Å²) < 4.78 is 1.32. The van der Waals surface area contributed by atoms with Gasteiger partial charge in [-0.1, -0.05) is 50.2 Å². The molecule has 0 bridgehead atoms. The number of nitrogens with one attached hydrogen (secondary N) is 2. The van der Waals surface area contributed by atoms with E-state index in [2.05, 4.69) is 20.7 Å². The van der Waals surface area contributed by atoms with Crippen molar-refractivity contribution in [2.75, 3.05) is 26.7 Å². The van der Waals surface area contributed by atoms with Crippen molar-refractivity contribution in [2.24, 2.45) is 5.73 Å². The molecule has 0 aliphatic carbocycles. The fourth-order valence-electron chi connectivity index (χ4n) is 4.60. The first-order valence-electron chi connectivity index (χ1n) is 15.8. The van der Waals surface area contributed by atoms with Gasteiger partial charge in [-0.3, -0.25) is 19.4 Å². The minimum Gasteiger partial charge on any atom is -0.370 e. The molecule has 0 aliphatic heterocycles. The number of benzene rings is 2. The maximum absolute atomic E-state index is 13.9. The van der Waals surface area contributed by atoms with Crippen LogP contribution in [0.5, 0.6) is 0 Å². The minimum absolute atomic E-state index is 0. The molecule has 11 nitrogen and oxygen atoms in total. The zero-order valence-corrected chi connectivity index (χ0v) is 28.2. The number of hydrogen-bond donors (Lipinski definition) is 3. The summed E-state index contributed by atoms with van der Waals surface area (Å²) >= 11 is 1.41. The Hall–Kier alpha value is -4.97. The Kier molecular flexibility index (Phi) is 14.7. The van der Waals surface area contributed by atoms with Crippen molar-refractivity contribution in [1.29, 1.82) is 0 Å². The topological polar surface area (TPSA) is 152 Å². The molecule has 0 spiro atoms. The van der Waals surface area contributed by atoms with Crippen molar-refractivity contribution in [3.05, 3.63) is 83.8 Å². The Morgan fingerprint density at radius 1 is 1.00 bits per heavy atom. The van der Waals surface area contributed by atoms with Gasteiger partial charge in [0, 0.05) is 52.2 Å². The van der Waals surface area contributed by atoms with Crippen molar-refractivity contribution in [3.8, 4) is 0 Å². The van der Waals surface area contributed by atoms with Crippen molar-refractivity contribution >= 4 is 58.6 Å². The number of carbonyl (C=O) groups is 4. The molecule has 4 aromatic rings. The smallest absolute Gasteiger partial charge is 0.345 e. The van der Waals surface area contributed by atoms with E-state index in [0.29, 0.717) is 49.1 Å². The molecule has 2 heterocycles. The fourth-order valence-corrected chi connectivity index (χ4v) is 5.58. The number of nitrogens with zero attached hydrogens (tertiary/aromatic N) is 4. The predicted molar refractivity (Wildman–Crippen MR) is 193 cm³/mol. The molecule has 4 amide bonds. The molecule has 47 heavy (non-hydrogen) atoms. The molecule has 2 aromatic carbocycles. The van der Waals surface area contributed by atoms with Gasteiger partial charge < -0.3 is 21.3 Å². The largest absolute Gasteiger partial charge is 0.370 e. The summed E-state index contributed by atoms with van der Waals surface area (Å²) in [6.45, 7) is 6.40. The van der Waals surface area contributed by atoms with Crippen LogP contribution in [0.2, 0.25) is 0 Å². The highest BCUT2D eigenvalue weighted by atomic mass is 32.2. The number of nitrogens with two attached hydrogens (primary N) is 1. The molecule has 4 rings (SSSR count). The van der Waals surface area contributed by atoms with Crippen molar-refractivity contribution in [1.82, 2.24) is 30.3 Å². The number of fused-ring (bicyclic) bond motifs is 1. The number of carbonyl (C=O) groups excluding carboxylic acids is 4. The summed E-state index contributed by atoms with van der Waals surface area (Å²) in [5, 5.41) is 10.9. The van der Waals surface area contributed by atoms with Gasteiger partial charge >= 0.3 is 6.03 Å². The zero-order chi connectivity index (χ0) is 34.2. The third kappa shape index (κ3) is 10.5. The number of amides is 4. The highest BCUT2D eigenvalue weighted by Crippen LogP contribution is 2.33. The number of likely N-dealkylation sites (N-methyl/N-ethyl adjacent to an activating group) is 1. The molecule has 0 unspecified atom stereocenters. The molecular formula is C35H49N7O4S. The van der Waals surface area contributed by atoms with Gasteiger partial charge in [-0.05, 0) is 74.4 Å². The summed E-state index contributed by atoms with van der Waals surface area (Å²) in [5.74, 6) is -0.810. The minimum atomic E-state index is -0.440. The highest BCUT2D eigenvalue weighted by molar-refractivity contribution is 7.99. The molecule has 4 N–H and O–H groups in total. The first-order chi connectivity index (χ1) is 22.8. The maximum atomic E-state index is 13.9. The molecule has 12 heteroatoms. The summed E-state index contributed by atoms with van der Waals surface area (Å²) in [6.07, 6.45) is 7.80. The predicted octanol–water partition coefficient (Wildman–Crippen LogP) is 6.33. The SMILES string of the molecule is CC.CCN(CC(=O)NCCCCCC(N)=O)C(=O)n1nc(/C=C/c2ccccn2)c2ccc(Sc3ccccc3C(=O)NC)cc21.[HH].[HH].[HH]. The Bertz CT molecular complexity index is 1700. The summed E-state index contributed by atoms with van der Waals surface area (Å²) in [4.78, 5) is 57.3. The van der Waals surface area contributed by atoms with Gasteiger partial charge in [0.1, 0.15) is 6.54 Å². The number of rotatable bonds is 14. The number of hydrogen-bond acceptors (Lipinski definition) is 7. The number of primary amides is 1. The molecule has 2 aromatic heterocycles. The van der Waals surface area contributed by atoms with Gasteiger partial charge in [0.05, 0.1) is 22.5 Å². The Morgan fingerprint density at radius 3 is 2.47 bits per heavy atom. The van der Waals surface area contributed by atoms with Crippen LogP contribution >= 0.6 is 11.8 Å². The van der Waals surface area contributed by atoms with Crippen LogP contribution < -0.4 is 16.4 Å². The van der Waals surface area contributed by atoms with Crippen molar-refractivity contribution in [2.45, 2.75) is 56.2 Å². The Labute approximate surface area is 284 Å². The van der Waals surface area contributed by atoms with E-state index >= 15 is 0 Å². The van der Waals surface area contributed by atoms with Gasteiger partial charge in [-0.25, -0.2) is 4.79 Å². The van der Waals surface area contributed by atoms with Crippen LogP contribution in [-0.2, 0) is 9.59 Å². The maximum Gasteiger partial charge on any atom is 0.345 e. The van der Waals surface area contributed by atoms with Crippen LogP contribution in [0, 0.1) is 0 Å². The number of unbranched alkanes of at least 4 members (excludes halogenated alkanes) is 2. The van der Waals surface area contributed by atoms with Gasteiger partial charge in [0.2, 0.25) is 11.8 Å². The van der Waals surface area contributed by atoms with Crippen LogP contribution in [0.3, 0.4) is 0 Å². The summed E-state index contributed by atoms with van der Waals surface area (Å²) in [6, 6.07) is 18.2. The fraction of sp³-hybridized carbons (Fsp3) is 0.314. The van der Waals surface area contributed by atoms with Gasteiger partial charge in [-0.2, -0.15) is 9.78 Å². The second-order valence-corrected chi connectivity index (χ2v) is 11.3. The normalized spacial score (nSPS) is 10.7. The van der Waals surface area contributed by atoms with E-state index in [1.807, 2.05) is 80.6 Å². The third-order valence-electron chi connectivity index (χ3n) is 6.96. The lowest BCUT2D eigenvalue weighted by Crippen LogP contribution is -2.43. The van der Waals surface area contributed by atoms with Crippen molar-refractivity contribution in [3.63, 3.8) is 0 Å². The van der Waals surface area contributed by atoms with Crippen LogP contribution in [0.15, 0.2) is 76.7 Å². The first-order valence-corrected chi connectivity index (χ1v) is 16.6. The second kappa shape index (κ2) is 18.9. The molecule has 0 radical (unpaired) electrons. The second-order valence-electron chi connectivity index (χ2n) is 10.2. The molecule has 0 atom stereocenters. The van der Waals surface area contributed by atoms with Crippen LogP contribution in [0.25, 0.3) is 23.1 Å². The van der Waals surface area contributed by atoms with Gasteiger partial charge in [0.15, 0.2) is 0 Å². The van der Waals surface area contributed by atoms with Crippen LogP contribution in [0.4, 0.5) is 4.79 Å². The molecular weight excluding hydrogens is 614 g/mol. The van der Waals surface area contributed by atoms with E-state index in [9.17, 15) is 19.2 Å². The highest BCUT2D eigenvalue weighted by Gasteiger charge is 2.22. The number of aromatic nitrogens is 3. The average Bonchev–Trinajstić information content (AvgIpc) is 3.46. The summed E-state index contributed by atoms with van der Waals surface area (Å²) in [7, 11) is 1.59. The van der Waals surface area contributed by atoms with E-state index in [1.165, 1.54) is 21.3 Å². The van der Waals surface area contributed by atoms with Crippen LogP contribution in [-0.4, -0.2) is 70.1 Å². The van der Waals surface area contributed by atoms with Gasteiger partial charge in [-0.15, -0.1) is 0 Å². The van der Waals surface area contributed by atoms with E-state index in [0.717, 1.165) is 27.3 Å². The first kappa shape index (κ1) is 36.5. The lowest BCUT2D eigenvalue weighted by molar-refractivity contribution is -0.121. The van der Waals surface area contributed by atoms with Crippen molar-refractivity contribution < 1.29 is 23.5 Å². The lowest BCUT2D eigenvalue weighted by atomic mass is 10.2. The zero-order valence-electron chi connectivity index (χ0n) is 27.4. The standard InChI is InChI=1S/C33H37N7O4S.C2H6.3H2/c1-3-39(22-31(42)37-20-9-4-5-14-30(34)41)33(44)40-28-21-24(45-29-13-7-6-12-26(29)32(43)35-2)16-17-25(28)27(38-40)18-15-23-11-8-10-19-36-23;1-2;;;/h6-8,10-13,15-19,21H,3-5,9,14,20,22H2,1-2H3,(H2,34,41)(H,35,43)(H,37,42);1-2H3;3*1H/b18-15+;;;;. The lowest BCUT2D eigenvalue weighted by Gasteiger charge is -2.20. The molecule has 0 fully saturated rings. The van der Waals surface area contributed by atoms with E-state index < -0.39 is 6.03 Å². The number of pyridine rings is 1. The molecule has 0 aliphatic rings.